The van der Waals surface area contributed by atoms with Crippen LogP contribution in [0.2, 0.25) is 0 Å². The number of aromatic amines is 1. The van der Waals surface area contributed by atoms with Gasteiger partial charge in [0.1, 0.15) is 17.4 Å². The molecule has 202 valence electrons. The van der Waals surface area contributed by atoms with Gasteiger partial charge in [0, 0.05) is 18.7 Å². The van der Waals surface area contributed by atoms with Crippen LogP contribution in [-0.4, -0.2) is 61.2 Å². The minimum atomic E-state index is -0.644. The number of hydrogen-bond donors (Lipinski definition) is 2. The van der Waals surface area contributed by atoms with E-state index >= 15 is 0 Å². The Labute approximate surface area is 233 Å². The molecular weight excluding hydrogens is 570 g/mol. The standard InChI is InChI=1S/C27H26BrN5O6/c1-3-37-20-13-16(12-19(28)24(20)38-27(34)33-8-10-36-11-9-33)21-18(14-29)25(30)39-26-22(21)23(31-32-26)15-4-6-17(35-2)7-5-15/h4-7,12-13,21H,3,8-11,30H2,1-2H3,(H,31,32). The molecule has 12 heteroatoms. The molecule has 1 amide bonds. The van der Waals surface area contributed by atoms with Gasteiger partial charge in [-0.25, -0.2) is 4.79 Å². The summed E-state index contributed by atoms with van der Waals surface area (Å²) in [7, 11) is 1.60. The highest BCUT2D eigenvalue weighted by atomic mass is 79.9. The van der Waals surface area contributed by atoms with E-state index in [0.717, 1.165) is 5.56 Å². The van der Waals surface area contributed by atoms with E-state index in [4.69, 9.17) is 29.4 Å². The molecule has 0 saturated carbocycles. The molecule has 0 aliphatic carbocycles. The van der Waals surface area contributed by atoms with Gasteiger partial charge in [0.25, 0.3) is 0 Å². The van der Waals surface area contributed by atoms with Gasteiger partial charge in [-0.3, -0.25) is 5.10 Å². The Morgan fingerprint density at radius 3 is 2.69 bits per heavy atom. The van der Waals surface area contributed by atoms with Gasteiger partial charge >= 0.3 is 6.09 Å². The highest BCUT2D eigenvalue weighted by molar-refractivity contribution is 9.10. The number of allylic oxidation sites excluding steroid dienone is 1. The van der Waals surface area contributed by atoms with Crippen molar-refractivity contribution in [3.8, 4) is 40.5 Å². The van der Waals surface area contributed by atoms with Gasteiger partial charge in [-0.05, 0) is 64.8 Å². The Bertz CT molecular complexity index is 1460. The van der Waals surface area contributed by atoms with Crippen LogP contribution < -0.4 is 24.7 Å². The summed E-state index contributed by atoms with van der Waals surface area (Å²) in [6, 6.07) is 13.1. The zero-order chi connectivity index (χ0) is 27.5. The molecule has 1 atom stereocenters. The number of methoxy groups -OCH3 is 1. The highest BCUT2D eigenvalue weighted by Crippen LogP contribution is 2.48. The number of ether oxygens (including phenoxy) is 5. The third kappa shape index (κ3) is 5.10. The van der Waals surface area contributed by atoms with Crippen molar-refractivity contribution >= 4 is 22.0 Å². The average Bonchev–Trinajstić information content (AvgIpc) is 3.37. The first-order chi connectivity index (χ1) is 18.9. The molecule has 11 nitrogen and oxygen atoms in total. The predicted molar refractivity (Wildman–Crippen MR) is 144 cm³/mol. The number of benzene rings is 2. The number of hydrogen-bond acceptors (Lipinski definition) is 9. The molecule has 1 aromatic heterocycles. The normalized spacial score (nSPS) is 16.7. The summed E-state index contributed by atoms with van der Waals surface area (Å²) in [5.41, 5.74) is 9.16. The quantitative estimate of drug-likeness (QED) is 0.426. The fourth-order valence-corrected chi connectivity index (χ4v) is 5.11. The summed E-state index contributed by atoms with van der Waals surface area (Å²) in [5.74, 6) is 0.853. The molecule has 2 aliphatic rings. The number of nitrogens with two attached hydrogens (primary N) is 1. The van der Waals surface area contributed by atoms with Crippen LogP contribution in [0.5, 0.6) is 23.1 Å². The molecule has 39 heavy (non-hydrogen) atoms. The number of carbonyl (C=O) groups excluding carboxylic acids is 1. The Kier molecular flexibility index (Phi) is 7.63. The number of nitrogens with one attached hydrogen (secondary N) is 1. The van der Waals surface area contributed by atoms with E-state index in [-0.39, 0.29) is 23.1 Å². The minimum Gasteiger partial charge on any atom is -0.497 e. The van der Waals surface area contributed by atoms with Crippen LogP contribution in [0.25, 0.3) is 11.3 Å². The molecule has 2 aliphatic heterocycles. The second-order valence-electron chi connectivity index (χ2n) is 8.70. The van der Waals surface area contributed by atoms with Crippen molar-refractivity contribution in [2.75, 3.05) is 40.0 Å². The Morgan fingerprint density at radius 1 is 1.28 bits per heavy atom. The van der Waals surface area contributed by atoms with Gasteiger partial charge in [-0.2, -0.15) is 5.26 Å². The van der Waals surface area contributed by atoms with E-state index in [1.807, 2.05) is 31.2 Å². The molecule has 3 heterocycles. The second-order valence-corrected chi connectivity index (χ2v) is 9.56. The fourth-order valence-electron chi connectivity index (χ4n) is 4.57. The molecule has 1 unspecified atom stereocenters. The van der Waals surface area contributed by atoms with E-state index in [2.05, 4.69) is 32.2 Å². The van der Waals surface area contributed by atoms with Crippen LogP contribution in [0, 0.1) is 11.3 Å². The third-order valence-electron chi connectivity index (χ3n) is 6.44. The predicted octanol–water partition coefficient (Wildman–Crippen LogP) is 4.30. The fraction of sp³-hybridized carbons (Fsp3) is 0.296. The Balaban J connectivity index is 1.59. The summed E-state index contributed by atoms with van der Waals surface area (Å²) < 4.78 is 28.5. The number of amides is 1. The number of halogens is 1. The van der Waals surface area contributed by atoms with Gasteiger partial charge < -0.3 is 34.3 Å². The SMILES string of the molecule is CCOc1cc(C2C(C#N)=C(N)Oc3n[nH]c(-c4ccc(OC)cc4)c32)cc(Br)c1OC(=O)N1CCOCC1. The molecule has 1 saturated heterocycles. The second kappa shape index (κ2) is 11.3. The van der Waals surface area contributed by atoms with E-state index in [1.165, 1.54) is 0 Å². The van der Waals surface area contributed by atoms with E-state index in [1.54, 1.807) is 24.1 Å². The maximum atomic E-state index is 12.8. The summed E-state index contributed by atoms with van der Waals surface area (Å²) in [6.07, 6.45) is -0.500. The summed E-state index contributed by atoms with van der Waals surface area (Å²) in [4.78, 5) is 14.4. The molecule has 5 rings (SSSR count). The minimum absolute atomic E-state index is 0.0420. The number of aromatic nitrogens is 2. The number of carbonyl (C=O) groups is 1. The topological polar surface area (TPSA) is 145 Å². The first-order valence-corrected chi connectivity index (χ1v) is 13.0. The van der Waals surface area contributed by atoms with E-state index in [9.17, 15) is 10.1 Å². The van der Waals surface area contributed by atoms with Gasteiger partial charge in [-0.15, -0.1) is 5.10 Å². The number of nitriles is 1. The lowest BCUT2D eigenvalue weighted by Gasteiger charge is -2.27. The zero-order valence-electron chi connectivity index (χ0n) is 21.3. The van der Waals surface area contributed by atoms with Gasteiger partial charge in [-0.1, -0.05) is 0 Å². The number of fused-ring (bicyclic) bond motifs is 1. The monoisotopic (exact) mass is 595 g/mol. The summed E-state index contributed by atoms with van der Waals surface area (Å²) in [5, 5.41) is 17.5. The molecule has 0 radical (unpaired) electrons. The van der Waals surface area contributed by atoms with Crippen molar-refractivity contribution in [1.29, 1.82) is 5.26 Å². The van der Waals surface area contributed by atoms with Gasteiger partial charge in [0.15, 0.2) is 11.5 Å². The number of H-pyrrole nitrogens is 1. The maximum Gasteiger partial charge on any atom is 0.415 e. The lowest BCUT2D eigenvalue weighted by molar-refractivity contribution is 0.0412. The van der Waals surface area contributed by atoms with E-state index < -0.39 is 12.0 Å². The van der Waals surface area contributed by atoms with Crippen LogP contribution in [0.3, 0.4) is 0 Å². The average molecular weight is 596 g/mol. The van der Waals surface area contributed by atoms with Gasteiger partial charge in [0.05, 0.1) is 48.6 Å². The van der Waals surface area contributed by atoms with Crippen molar-refractivity contribution < 1.29 is 28.5 Å². The largest absolute Gasteiger partial charge is 0.497 e. The number of nitrogens with zero attached hydrogens (tertiary/aromatic N) is 3. The van der Waals surface area contributed by atoms with Crippen LogP contribution >= 0.6 is 15.9 Å². The highest BCUT2D eigenvalue weighted by Gasteiger charge is 2.37. The third-order valence-corrected chi connectivity index (χ3v) is 7.03. The summed E-state index contributed by atoms with van der Waals surface area (Å²) >= 11 is 3.55. The molecule has 2 aromatic carbocycles. The van der Waals surface area contributed by atoms with Crippen molar-refractivity contribution in [1.82, 2.24) is 15.1 Å². The molecule has 0 spiro atoms. The van der Waals surface area contributed by atoms with Crippen molar-refractivity contribution in [2.24, 2.45) is 5.73 Å². The molecule has 1 fully saturated rings. The number of rotatable bonds is 6. The maximum absolute atomic E-state index is 12.8. The molecular formula is C27H26BrN5O6. The van der Waals surface area contributed by atoms with Crippen LogP contribution in [-0.2, 0) is 4.74 Å². The lowest BCUT2D eigenvalue weighted by Crippen LogP contribution is -2.42. The van der Waals surface area contributed by atoms with E-state index in [0.29, 0.717) is 65.7 Å². The van der Waals surface area contributed by atoms with Crippen molar-refractivity contribution in [3.05, 3.63) is 63.5 Å². The van der Waals surface area contributed by atoms with Crippen molar-refractivity contribution in [2.45, 2.75) is 12.8 Å². The molecule has 0 bridgehead atoms. The Morgan fingerprint density at radius 2 is 2.03 bits per heavy atom. The smallest absolute Gasteiger partial charge is 0.415 e. The molecule has 3 aromatic rings. The first-order valence-electron chi connectivity index (χ1n) is 12.3. The first kappa shape index (κ1) is 26.4. The van der Waals surface area contributed by atoms with Gasteiger partial charge in [0.2, 0.25) is 11.8 Å². The zero-order valence-corrected chi connectivity index (χ0v) is 22.9. The summed E-state index contributed by atoms with van der Waals surface area (Å²) in [6.45, 7) is 3.93. The van der Waals surface area contributed by atoms with Crippen LogP contribution in [0.15, 0.2) is 52.3 Å². The van der Waals surface area contributed by atoms with Crippen LogP contribution in [0.1, 0.15) is 24.0 Å². The van der Waals surface area contributed by atoms with Crippen LogP contribution in [0.4, 0.5) is 4.79 Å². The number of morpholine rings is 1. The van der Waals surface area contributed by atoms with Crippen molar-refractivity contribution in [3.63, 3.8) is 0 Å². The lowest BCUT2D eigenvalue weighted by atomic mass is 9.83. The Hall–Kier alpha value is -4.21. The molecule has 3 N–H and O–H groups in total.